The highest BCUT2D eigenvalue weighted by Crippen LogP contribution is 2.33. The van der Waals surface area contributed by atoms with Crippen LogP contribution >= 0.6 is 0 Å². The molecule has 1 aromatic carbocycles. The highest BCUT2D eigenvalue weighted by atomic mass is 16.5. The number of rotatable bonds is 3. The second-order valence-electron chi connectivity index (χ2n) is 5.43. The fraction of sp³-hybridized carbons (Fsp3) is 0.222. The normalized spacial score (nSPS) is 11.0. The summed E-state index contributed by atoms with van der Waals surface area (Å²) in [6.45, 7) is 6.12. The van der Waals surface area contributed by atoms with Crippen LogP contribution in [-0.2, 0) is 0 Å². The Balaban J connectivity index is 2.25. The molecule has 0 saturated carbocycles. The minimum atomic E-state index is 0.105. The van der Waals surface area contributed by atoms with Gasteiger partial charge < -0.3 is 4.74 Å². The lowest BCUT2D eigenvalue weighted by Gasteiger charge is -2.14. The van der Waals surface area contributed by atoms with Crippen LogP contribution in [0, 0.1) is 6.92 Å². The molecule has 106 valence electrons. The van der Waals surface area contributed by atoms with E-state index in [4.69, 9.17) is 4.74 Å². The Labute approximate surface area is 124 Å². The fourth-order valence-electron chi connectivity index (χ4n) is 2.41. The lowest BCUT2D eigenvalue weighted by atomic mass is 10.00. The summed E-state index contributed by atoms with van der Waals surface area (Å²) < 4.78 is 5.83. The van der Waals surface area contributed by atoms with Crippen LogP contribution in [0.4, 0.5) is 0 Å². The molecule has 2 heterocycles. The Morgan fingerprint density at radius 2 is 1.76 bits per heavy atom. The third-order valence-electron chi connectivity index (χ3n) is 3.35. The molecule has 0 unspecified atom stereocenters. The largest absolute Gasteiger partial charge is 0.475 e. The molecule has 0 bridgehead atoms. The van der Waals surface area contributed by atoms with E-state index in [-0.39, 0.29) is 6.10 Å². The number of pyridine rings is 2. The fourth-order valence-corrected chi connectivity index (χ4v) is 2.41. The van der Waals surface area contributed by atoms with Crippen LogP contribution in [-0.4, -0.2) is 16.1 Å². The summed E-state index contributed by atoms with van der Waals surface area (Å²) in [5, 5.41) is 2.20. The van der Waals surface area contributed by atoms with Crippen LogP contribution in [0.1, 0.15) is 19.4 Å². The summed E-state index contributed by atoms with van der Waals surface area (Å²) in [6, 6.07) is 10.4. The zero-order valence-corrected chi connectivity index (χ0v) is 12.5. The summed E-state index contributed by atoms with van der Waals surface area (Å²) >= 11 is 0. The van der Waals surface area contributed by atoms with Gasteiger partial charge in [-0.25, -0.2) is 4.98 Å². The topological polar surface area (TPSA) is 35.0 Å². The Morgan fingerprint density at radius 3 is 2.48 bits per heavy atom. The van der Waals surface area contributed by atoms with Crippen LogP contribution in [0.15, 0.2) is 48.9 Å². The zero-order valence-electron chi connectivity index (χ0n) is 12.5. The van der Waals surface area contributed by atoms with Gasteiger partial charge in [0, 0.05) is 29.5 Å². The zero-order chi connectivity index (χ0) is 14.8. The Bertz CT molecular complexity index is 767. The number of aromatic nitrogens is 2. The van der Waals surface area contributed by atoms with E-state index in [9.17, 15) is 0 Å². The highest BCUT2D eigenvalue weighted by Gasteiger charge is 2.11. The molecule has 21 heavy (non-hydrogen) atoms. The molecule has 0 fully saturated rings. The van der Waals surface area contributed by atoms with Crippen molar-refractivity contribution in [2.45, 2.75) is 26.9 Å². The first-order valence-electron chi connectivity index (χ1n) is 7.11. The van der Waals surface area contributed by atoms with E-state index < -0.39 is 0 Å². The molecule has 0 radical (unpaired) electrons. The van der Waals surface area contributed by atoms with Crippen molar-refractivity contribution in [2.24, 2.45) is 0 Å². The van der Waals surface area contributed by atoms with Crippen molar-refractivity contribution < 1.29 is 4.74 Å². The van der Waals surface area contributed by atoms with Crippen LogP contribution in [0.3, 0.4) is 0 Å². The van der Waals surface area contributed by atoms with Crippen LogP contribution in [0.5, 0.6) is 5.88 Å². The minimum absolute atomic E-state index is 0.105. The van der Waals surface area contributed by atoms with Crippen molar-refractivity contribution in [3.63, 3.8) is 0 Å². The van der Waals surface area contributed by atoms with Crippen LogP contribution in [0.25, 0.3) is 21.9 Å². The summed E-state index contributed by atoms with van der Waals surface area (Å²) in [4.78, 5) is 8.59. The van der Waals surface area contributed by atoms with Gasteiger partial charge in [0.05, 0.1) is 6.10 Å². The first-order valence-corrected chi connectivity index (χ1v) is 7.11. The van der Waals surface area contributed by atoms with Gasteiger partial charge in [-0.15, -0.1) is 0 Å². The third kappa shape index (κ3) is 2.72. The Hall–Kier alpha value is -2.42. The Morgan fingerprint density at radius 1 is 1.00 bits per heavy atom. The standard InChI is InChI=1S/C18H18N2O/c1-12(2)21-18-15-5-4-13(3)10-16(15)17(11-20-18)14-6-8-19-9-7-14/h4-12H,1-3H3. The van der Waals surface area contributed by atoms with Crippen molar-refractivity contribution in [3.8, 4) is 17.0 Å². The van der Waals surface area contributed by atoms with Gasteiger partial charge in [0.2, 0.25) is 5.88 Å². The van der Waals surface area contributed by atoms with E-state index in [2.05, 4.69) is 35.1 Å². The van der Waals surface area contributed by atoms with Gasteiger partial charge in [-0.3, -0.25) is 4.98 Å². The van der Waals surface area contributed by atoms with E-state index in [1.54, 1.807) is 12.4 Å². The molecule has 0 aliphatic carbocycles. The first kappa shape index (κ1) is 13.6. The predicted octanol–water partition coefficient (Wildman–Crippen LogP) is 4.39. The lowest BCUT2D eigenvalue weighted by Crippen LogP contribution is -2.07. The molecule has 0 N–H and O–H groups in total. The van der Waals surface area contributed by atoms with Gasteiger partial charge in [0.1, 0.15) is 0 Å². The van der Waals surface area contributed by atoms with Gasteiger partial charge in [-0.05, 0) is 49.9 Å². The van der Waals surface area contributed by atoms with Gasteiger partial charge in [-0.2, -0.15) is 0 Å². The van der Waals surface area contributed by atoms with Crippen molar-refractivity contribution >= 4 is 10.8 Å². The van der Waals surface area contributed by atoms with Crippen LogP contribution in [0.2, 0.25) is 0 Å². The van der Waals surface area contributed by atoms with E-state index in [0.29, 0.717) is 5.88 Å². The number of nitrogens with zero attached hydrogens (tertiary/aromatic N) is 2. The SMILES string of the molecule is Cc1ccc2c(OC(C)C)ncc(-c3ccncc3)c2c1. The minimum Gasteiger partial charge on any atom is -0.475 e. The number of fused-ring (bicyclic) bond motifs is 1. The van der Waals surface area contributed by atoms with Gasteiger partial charge in [-0.1, -0.05) is 17.7 Å². The number of hydrogen-bond donors (Lipinski definition) is 0. The average Bonchev–Trinajstić information content (AvgIpc) is 2.47. The molecular formula is C18H18N2O. The number of hydrogen-bond acceptors (Lipinski definition) is 3. The first-order chi connectivity index (χ1) is 10.1. The molecule has 3 nitrogen and oxygen atoms in total. The molecule has 3 aromatic rings. The van der Waals surface area contributed by atoms with E-state index >= 15 is 0 Å². The lowest BCUT2D eigenvalue weighted by molar-refractivity contribution is 0.236. The summed E-state index contributed by atoms with van der Waals surface area (Å²) in [7, 11) is 0. The van der Waals surface area contributed by atoms with Crippen molar-refractivity contribution in [3.05, 3.63) is 54.5 Å². The predicted molar refractivity (Wildman–Crippen MR) is 85.5 cm³/mol. The number of aryl methyl sites for hydroxylation is 1. The third-order valence-corrected chi connectivity index (χ3v) is 3.35. The maximum Gasteiger partial charge on any atom is 0.221 e. The van der Waals surface area contributed by atoms with Gasteiger partial charge in [0.15, 0.2) is 0 Å². The van der Waals surface area contributed by atoms with Crippen molar-refractivity contribution in [1.82, 2.24) is 9.97 Å². The number of benzene rings is 1. The van der Waals surface area contributed by atoms with E-state index in [1.165, 1.54) is 5.56 Å². The molecule has 3 heteroatoms. The molecule has 0 aliphatic heterocycles. The molecule has 0 aliphatic rings. The second-order valence-corrected chi connectivity index (χ2v) is 5.43. The molecule has 2 aromatic heterocycles. The smallest absolute Gasteiger partial charge is 0.221 e. The molecule has 0 spiro atoms. The van der Waals surface area contributed by atoms with E-state index in [1.807, 2.05) is 32.2 Å². The maximum atomic E-state index is 5.83. The van der Waals surface area contributed by atoms with Gasteiger partial charge >= 0.3 is 0 Å². The van der Waals surface area contributed by atoms with Crippen molar-refractivity contribution in [1.29, 1.82) is 0 Å². The van der Waals surface area contributed by atoms with Gasteiger partial charge in [0.25, 0.3) is 0 Å². The second kappa shape index (κ2) is 5.52. The maximum absolute atomic E-state index is 5.83. The molecule has 0 amide bonds. The van der Waals surface area contributed by atoms with Crippen LogP contribution < -0.4 is 4.74 Å². The monoisotopic (exact) mass is 278 g/mol. The molecule has 0 atom stereocenters. The highest BCUT2D eigenvalue weighted by molar-refractivity contribution is 5.99. The Kier molecular flexibility index (Phi) is 3.57. The van der Waals surface area contributed by atoms with Crippen molar-refractivity contribution in [2.75, 3.05) is 0 Å². The molecule has 0 saturated heterocycles. The summed E-state index contributed by atoms with van der Waals surface area (Å²) in [6.07, 6.45) is 5.59. The molecular weight excluding hydrogens is 260 g/mol. The summed E-state index contributed by atoms with van der Waals surface area (Å²) in [5.41, 5.74) is 3.44. The average molecular weight is 278 g/mol. The number of ether oxygens (including phenoxy) is 1. The quantitative estimate of drug-likeness (QED) is 0.712. The van der Waals surface area contributed by atoms with E-state index in [0.717, 1.165) is 21.9 Å². The molecule has 3 rings (SSSR count). The summed E-state index contributed by atoms with van der Waals surface area (Å²) in [5.74, 6) is 0.692.